The summed E-state index contributed by atoms with van der Waals surface area (Å²) in [4.78, 5) is 18.6. The third-order valence-corrected chi connectivity index (χ3v) is 7.36. The van der Waals surface area contributed by atoms with Crippen LogP contribution >= 0.6 is 0 Å². The van der Waals surface area contributed by atoms with Crippen LogP contribution in [0.2, 0.25) is 0 Å². The Morgan fingerprint density at radius 1 is 1.08 bits per heavy atom. The third-order valence-electron chi connectivity index (χ3n) is 7.36. The zero-order chi connectivity index (χ0) is 26.1. The van der Waals surface area contributed by atoms with Gasteiger partial charge in [0.15, 0.2) is 0 Å². The van der Waals surface area contributed by atoms with Crippen molar-refractivity contribution in [2.45, 2.75) is 25.0 Å². The number of aromatic nitrogens is 5. The van der Waals surface area contributed by atoms with E-state index < -0.39 is 0 Å². The van der Waals surface area contributed by atoms with Crippen LogP contribution in [0.4, 0.5) is 5.82 Å². The predicted octanol–water partition coefficient (Wildman–Crippen LogP) is 3.22. The molecule has 0 spiro atoms. The quantitative estimate of drug-likeness (QED) is 0.363. The summed E-state index contributed by atoms with van der Waals surface area (Å²) in [6.45, 7) is 2.76. The molecular formula is C28H27N9O. The zero-order valence-corrected chi connectivity index (χ0v) is 21.0. The molecule has 7 heterocycles. The Morgan fingerprint density at radius 2 is 1.92 bits per heavy atom. The van der Waals surface area contributed by atoms with Gasteiger partial charge in [0.2, 0.25) is 5.88 Å². The molecule has 3 aliphatic heterocycles. The van der Waals surface area contributed by atoms with Crippen LogP contribution in [-0.2, 0) is 6.54 Å². The number of nitrogens with two attached hydrogens (primary N) is 1. The van der Waals surface area contributed by atoms with Gasteiger partial charge in [0.25, 0.3) is 0 Å². The van der Waals surface area contributed by atoms with Crippen molar-refractivity contribution >= 4 is 11.4 Å². The number of fused-ring (bicyclic) bond motifs is 2. The van der Waals surface area contributed by atoms with Gasteiger partial charge in [-0.1, -0.05) is 6.07 Å². The van der Waals surface area contributed by atoms with Gasteiger partial charge < -0.3 is 15.4 Å². The van der Waals surface area contributed by atoms with E-state index >= 15 is 0 Å². The first-order valence-electron chi connectivity index (χ1n) is 12.4. The maximum absolute atomic E-state index is 9.60. The van der Waals surface area contributed by atoms with E-state index in [0.29, 0.717) is 29.2 Å². The molecule has 190 valence electrons. The number of ether oxygens (including phenoxy) is 1. The number of piperazine rings is 1. The summed E-state index contributed by atoms with van der Waals surface area (Å²) < 4.78 is 5.17. The molecule has 4 aromatic heterocycles. The molecule has 0 aromatic carbocycles. The highest BCUT2D eigenvalue weighted by atomic mass is 16.5. The number of H-pyrrole nitrogens is 1. The standard InChI is InChI=1S/C28H27N9O/c1-38-27-5-2-18(10-32-27)15-37-23-7-24(37)17-36(16-23)26-4-3-19(11-31-26)25-6-20(22-13-34-35-14-22)12-33-28(25)21(8-29)9-30/h2-6,8,10-14,23-24H,7,15-17,29H2,1H3,(H,34,35). The van der Waals surface area contributed by atoms with Gasteiger partial charge in [-0.25, -0.2) is 9.97 Å². The lowest BCUT2D eigenvalue weighted by Crippen LogP contribution is -2.68. The fourth-order valence-corrected chi connectivity index (χ4v) is 5.34. The van der Waals surface area contributed by atoms with Crippen molar-refractivity contribution in [2.24, 2.45) is 5.73 Å². The topological polar surface area (TPSA) is 133 Å². The SMILES string of the molecule is COc1ccc(CN2C3CC2CN(c2ccc(-c4cc(-c5cn[nH]c5)cnc4C(C#N)=CN)cn2)C3)cn1. The van der Waals surface area contributed by atoms with Crippen molar-refractivity contribution < 1.29 is 4.74 Å². The summed E-state index contributed by atoms with van der Waals surface area (Å²) in [5.41, 5.74) is 11.2. The van der Waals surface area contributed by atoms with Crippen LogP contribution in [0.3, 0.4) is 0 Å². The lowest BCUT2D eigenvalue weighted by Gasteiger charge is -2.56. The number of pyridine rings is 3. The molecule has 2 unspecified atom stereocenters. The number of anilines is 1. The number of nitrogens with one attached hydrogen (secondary N) is 1. The maximum Gasteiger partial charge on any atom is 0.212 e. The number of nitrogens with zero attached hydrogens (tertiary/aromatic N) is 7. The molecule has 4 aromatic rings. The Morgan fingerprint density at radius 3 is 2.55 bits per heavy atom. The number of rotatable bonds is 7. The van der Waals surface area contributed by atoms with E-state index in [1.54, 1.807) is 19.5 Å². The number of methoxy groups -OCH3 is 1. The highest BCUT2D eigenvalue weighted by Gasteiger charge is 2.44. The second kappa shape index (κ2) is 9.95. The van der Waals surface area contributed by atoms with E-state index in [1.807, 2.05) is 42.9 Å². The molecule has 10 nitrogen and oxygen atoms in total. The number of allylic oxidation sites excluding steroid dienone is 1. The Kier molecular flexibility index (Phi) is 6.19. The normalized spacial score (nSPS) is 19.1. The zero-order valence-electron chi connectivity index (χ0n) is 21.0. The summed E-state index contributed by atoms with van der Waals surface area (Å²) in [5, 5.41) is 16.5. The third kappa shape index (κ3) is 4.33. The molecule has 3 N–H and O–H groups in total. The minimum atomic E-state index is 0.311. The van der Waals surface area contributed by atoms with Crippen molar-refractivity contribution in [3.8, 4) is 34.2 Å². The van der Waals surface area contributed by atoms with Crippen molar-refractivity contribution in [1.82, 2.24) is 30.0 Å². The van der Waals surface area contributed by atoms with E-state index in [0.717, 1.165) is 47.7 Å². The van der Waals surface area contributed by atoms with E-state index in [2.05, 4.69) is 42.1 Å². The molecule has 38 heavy (non-hydrogen) atoms. The number of nitriles is 1. The highest BCUT2D eigenvalue weighted by Crippen LogP contribution is 2.36. The Balaban J connectivity index is 1.20. The molecule has 7 rings (SSSR count). The van der Waals surface area contributed by atoms with Gasteiger partial charge in [-0.2, -0.15) is 10.4 Å². The molecule has 3 aliphatic rings. The van der Waals surface area contributed by atoms with Crippen LogP contribution in [0.5, 0.6) is 5.88 Å². The number of aromatic amines is 1. The highest BCUT2D eigenvalue weighted by molar-refractivity contribution is 5.86. The van der Waals surface area contributed by atoms with Gasteiger partial charge in [0.05, 0.1) is 24.6 Å². The molecule has 2 atom stereocenters. The van der Waals surface area contributed by atoms with Crippen LogP contribution in [0.25, 0.3) is 27.8 Å². The fraction of sp³-hybridized carbons (Fsp3) is 0.250. The minimum Gasteiger partial charge on any atom is -0.481 e. The lowest BCUT2D eigenvalue weighted by molar-refractivity contribution is -0.00876. The summed E-state index contributed by atoms with van der Waals surface area (Å²) in [6, 6.07) is 13.2. The second-order valence-corrected chi connectivity index (χ2v) is 9.53. The smallest absolute Gasteiger partial charge is 0.212 e. The molecule has 0 amide bonds. The molecule has 0 saturated carbocycles. The monoisotopic (exact) mass is 505 g/mol. The van der Waals surface area contributed by atoms with Gasteiger partial charge >= 0.3 is 0 Å². The second-order valence-electron chi connectivity index (χ2n) is 9.53. The van der Waals surface area contributed by atoms with Gasteiger partial charge in [0.1, 0.15) is 11.9 Å². The van der Waals surface area contributed by atoms with Crippen molar-refractivity contribution in [2.75, 3.05) is 25.1 Å². The predicted molar refractivity (Wildman–Crippen MR) is 144 cm³/mol. The van der Waals surface area contributed by atoms with Crippen molar-refractivity contribution in [3.05, 3.63) is 78.8 Å². The average molecular weight is 506 g/mol. The molecule has 0 radical (unpaired) electrons. The van der Waals surface area contributed by atoms with E-state index in [-0.39, 0.29) is 0 Å². The van der Waals surface area contributed by atoms with Gasteiger partial charge in [-0.15, -0.1) is 0 Å². The summed E-state index contributed by atoms with van der Waals surface area (Å²) >= 11 is 0. The van der Waals surface area contributed by atoms with E-state index in [1.165, 1.54) is 18.2 Å². The van der Waals surface area contributed by atoms with E-state index in [4.69, 9.17) is 15.5 Å². The molecule has 3 saturated heterocycles. The van der Waals surface area contributed by atoms with Crippen LogP contribution < -0.4 is 15.4 Å². The van der Waals surface area contributed by atoms with Gasteiger partial charge in [-0.05, 0) is 30.2 Å². The first-order valence-corrected chi connectivity index (χ1v) is 12.4. The largest absolute Gasteiger partial charge is 0.481 e. The first kappa shape index (κ1) is 23.6. The maximum atomic E-state index is 9.60. The van der Waals surface area contributed by atoms with Crippen LogP contribution in [0.15, 0.2) is 67.5 Å². The van der Waals surface area contributed by atoms with Gasteiger partial charge in [0, 0.05) is 91.0 Å². The molecule has 0 aliphatic carbocycles. The number of piperidine rings is 1. The number of hydrogen-bond acceptors (Lipinski definition) is 9. The van der Waals surface area contributed by atoms with Crippen LogP contribution in [-0.4, -0.2) is 62.3 Å². The Hall–Kier alpha value is -4.75. The minimum absolute atomic E-state index is 0.311. The van der Waals surface area contributed by atoms with Crippen LogP contribution in [0, 0.1) is 11.3 Å². The molecule has 2 bridgehead atoms. The Labute approximate surface area is 220 Å². The summed E-state index contributed by atoms with van der Waals surface area (Å²) in [5.74, 6) is 1.59. The van der Waals surface area contributed by atoms with Crippen molar-refractivity contribution in [3.63, 3.8) is 0 Å². The molecular weight excluding hydrogens is 478 g/mol. The molecule has 10 heteroatoms. The molecule has 3 fully saturated rings. The lowest BCUT2D eigenvalue weighted by atomic mass is 9.87. The van der Waals surface area contributed by atoms with Gasteiger partial charge in [-0.3, -0.25) is 15.0 Å². The first-order chi connectivity index (χ1) is 18.7. The number of hydrogen-bond donors (Lipinski definition) is 2. The summed E-state index contributed by atoms with van der Waals surface area (Å²) in [7, 11) is 1.63. The average Bonchev–Trinajstić information content (AvgIpc) is 3.52. The fourth-order valence-electron chi connectivity index (χ4n) is 5.34. The summed E-state index contributed by atoms with van der Waals surface area (Å²) in [6.07, 6.45) is 11.5. The Bertz CT molecular complexity index is 1480. The van der Waals surface area contributed by atoms with E-state index in [9.17, 15) is 5.26 Å². The van der Waals surface area contributed by atoms with Crippen LogP contribution in [0.1, 0.15) is 17.7 Å². The van der Waals surface area contributed by atoms with Crippen molar-refractivity contribution in [1.29, 1.82) is 5.26 Å².